The number of rotatable bonds is 5. The summed E-state index contributed by atoms with van der Waals surface area (Å²) >= 11 is 0. The Hall–Kier alpha value is -2.49. The quantitative estimate of drug-likeness (QED) is 0.475. The fourth-order valence-corrected chi connectivity index (χ4v) is 2.35. The maximum absolute atomic E-state index is 12.3. The predicted octanol–water partition coefficient (Wildman–Crippen LogP) is 3.94. The molecule has 0 aliphatic carbocycles. The second-order valence-corrected chi connectivity index (χ2v) is 6.66. The summed E-state index contributed by atoms with van der Waals surface area (Å²) in [5, 5.41) is 0. The molecule has 0 N–H and O–H groups in total. The SMILES string of the molecule is CCc1ccc(-c2cccc(C(C=O)C(=O)OC(C)(C)C)c2)cn1. The number of nitrogens with zero attached hydrogens (tertiary/aromatic N) is 1. The van der Waals surface area contributed by atoms with E-state index in [9.17, 15) is 9.59 Å². The third kappa shape index (κ3) is 4.51. The summed E-state index contributed by atoms with van der Waals surface area (Å²) in [6.07, 6.45) is 3.32. The van der Waals surface area contributed by atoms with Gasteiger partial charge >= 0.3 is 5.97 Å². The molecule has 4 heteroatoms. The van der Waals surface area contributed by atoms with Crippen molar-refractivity contribution in [1.82, 2.24) is 4.98 Å². The van der Waals surface area contributed by atoms with Crippen LogP contribution in [0.5, 0.6) is 0 Å². The number of esters is 1. The third-order valence-electron chi connectivity index (χ3n) is 3.56. The van der Waals surface area contributed by atoms with Gasteiger partial charge in [0.1, 0.15) is 17.8 Å². The number of benzene rings is 1. The molecule has 0 amide bonds. The van der Waals surface area contributed by atoms with E-state index in [4.69, 9.17) is 4.74 Å². The topological polar surface area (TPSA) is 56.3 Å². The van der Waals surface area contributed by atoms with E-state index in [0.717, 1.165) is 23.2 Å². The lowest BCUT2D eigenvalue weighted by Gasteiger charge is -2.22. The van der Waals surface area contributed by atoms with Gasteiger partial charge in [0.25, 0.3) is 0 Å². The van der Waals surface area contributed by atoms with Crippen LogP contribution in [-0.2, 0) is 20.7 Å². The Bertz CT molecular complexity index is 714. The summed E-state index contributed by atoms with van der Waals surface area (Å²) in [6, 6.07) is 11.3. The number of carbonyl (C=O) groups excluding carboxylic acids is 2. The molecule has 0 saturated heterocycles. The number of aryl methyl sites for hydroxylation is 1. The van der Waals surface area contributed by atoms with Crippen LogP contribution in [0.1, 0.15) is 44.9 Å². The minimum Gasteiger partial charge on any atom is -0.459 e. The van der Waals surface area contributed by atoms with Crippen LogP contribution >= 0.6 is 0 Å². The Morgan fingerprint density at radius 1 is 1.21 bits per heavy atom. The molecule has 2 aromatic rings. The molecule has 4 nitrogen and oxygen atoms in total. The molecule has 1 atom stereocenters. The van der Waals surface area contributed by atoms with Crippen molar-refractivity contribution in [3.63, 3.8) is 0 Å². The highest BCUT2D eigenvalue weighted by molar-refractivity contribution is 5.94. The maximum atomic E-state index is 12.3. The summed E-state index contributed by atoms with van der Waals surface area (Å²) < 4.78 is 5.34. The van der Waals surface area contributed by atoms with Gasteiger partial charge in [0.15, 0.2) is 0 Å². The van der Waals surface area contributed by atoms with Crippen LogP contribution < -0.4 is 0 Å². The van der Waals surface area contributed by atoms with E-state index in [1.54, 1.807) is 33.0 Å². The van der Waals surface area contributed by atoms with Crippen LogP contribution in [0.25, 0.3) is 11.1 Å². The zero-order valence-corrected chi connectivity index (χ0v) is 14.6. The fourth-order valence-electron chi connectivity index (χ4n) is 2.35. The second-order valence-electron chi connectivity index (χ2n) is 6.66. The molecule has 0 fully saturated rings. The largest absolute Gasteiger partial charge is 0.459 e. The Balaban J connectivity index is 2.30. The Labute approximate surface area is 142 Å². The molecule has 0 aliphatic heterocycles. The number of hydrogen-bond acceptors (Lipinski definition) is 4. The van der Waals surface area contributed by atoms with Crippen molar-refractivity contribution < 1.29 is 14.3 Å². The highest BCUT2D eigenvalue weighted by Gasteiger charge is 2.26. The molecule has 1 heterocycles. The van der Waals surface area contributed by atoms with Crippen molar-refractivity contribution in [1.29, 1.82) is 0 Å². The minimum atomic E-state index is -0.924. The van der Waals surface area contributed by atoms with Gasteiger partial charge in [-0.1, -0.05) is 31.2 Å². The van der Waals surface area contributed by atoms with Gasteiger partial charge in [-0.05, 0) is 50.5 Å². The number of carbonyl (C=O) groups is 2. The standard InChI is InChI=1S/C20H23NO3/c1-5-17-10-9-16(12-21-17)14-7-6-8-15(11-14)18(13-22)19(23)24-20(2,3)4/h6-13,18H,5H2,1-4H3. The monoisotopic (exact) mass is 325 g/mol. The molecule has 1 unspecified atom stereocenters. The smallest absolute Gasteiger partial charge is 0.321 e. The number of aldehydes is 1. The first kappa shape index (κ1) is 17.9. The van der Waals surface area contributed by atoms with Gasteiger partial charge in [-0.3, -0.25) is 9.78 Å². The van der Waals surface area contributed by atoms with E-state index in [1.165, 1.54) is 0 Å². The summed E-state index contributed by atoms with van der Waals surface area (Å²) in [4.78, 5) is 28.1. The van der Waals surface area contributed by atoms with Crippen molar-refractivity contribution in [2.45, 2.75) is 45.6 Å². The Kier molecular flexibility index (Phi) is 5.50. The van der Waals surface area contributed by atoms with Gasteiger partial charge < -0.3 is 9.53 Å². The van der Waals surface area contributed by atoms with E-state index in [2.05, 4.69) is 11.9 Å². The van der Waals surface area contributed by atoms with Crippen LogP contribution in [0.2, 0.25) is 0 Å². The van der Waals surface area contributed by atoms with Crippen molar-refractivity contribution >= 4 is 12.3 Å². The lowest BCUT2D eigenvalue weighted by molar-refractivity contribution is -0.157. The first-order valence-corrected chi connectivity index (χ1v) is 8.07. The zero-order valence-electron chi connectivity index (χ0n) is 14.6. The van der Waals surface area contributed by atoms with Crippen LogP contribution in [0.15, 0.2) is 42.6 Å². The van der Waals surface area contributed by atoms with Crippen molar-refractivity contribution in [3.05, 3.63) is 53.9 Å². The van der Waals surface area contributed by atoms with Gasteiger partial charge in [0.05, 0.1) is 0 Å². The molecule has 0 radical (unpaired) electrons. The fraction of sp³-hybridized carbons (Fsp3) is 0.350. The average Bonchev–Trinajstić information content (AvgIpc) is 2.54. The third-order valence-corrected chi connectivity index (χ3v) is 3.56. The molecule has 0 saturated carbocycles. The van der Waals surface area contributed by atoms with E-state index in [0.29, 0.717) is 11.8 Å². The lowest BCUT2D eigenvalue weighted by Crippen LogP contribution is -2.28. The summed E-state index contributed by atoms with van der Waals surface area (Å²) in [6.45, 7) is 7.40. The molecule has 1 aromatic carbocycles. The molecule has 2 rings (SSSR count). The highest BCUT2D eigenvalue weighted by Crippen LogP contribution is 2.25. The number of ether oxygens (including phenoxy) is 1. The molecular formula is C20H23NO3. The van der Waals surface area contributed by atoms with Gasteiger partial charge in [0, 0.05) is 17.5 Å². The van der Waals surface area contributed by atoms with E-state index in [1.807, 2.05) is 30.3 Å². The first-order valence-electron chi connectivity index (χ1n) is 8.07. The lowest BCUT2D eigenvalue weighted by atomic mass is 9.96. The Morgan fingerprint density at radius 2 is 1.96 bits per heavy atom. The van der Waals surface area contributed by atoms with Gasteiger partial charge in [0.2, 0.25) is 0 Å². The van der Waals surface area contributed by atoms with Crippen LogP contribution in [-0.4, -0.2) is 22.8 Å². The normalized spacial score (nSPS) is 12.5. The average molecular weight is 325 g/mol. The van der Waals surface area contributed by atoms with E-state index >= 15 is 0 Å². The second kappa shape index (κ2) is 7.39. The zero-order chi connectivity index (χ0) is 17.7. The molecule has 0 bridgehead atoms. The number of hydrogen-bond donors (Lipinski definition) is 0. The van der Waals surface area contributed by atoms with Crippen molar-refractivity contribution in [2.24, 2.45) is 0 Å². The molecular weight excluding hydrogens is 302 g/mol. The maximum Gasteiger partial charge on any atom is 0.321 e. The predicted molar refractivity (Wildman–Crippen MR) is 93.7 cm³/mol. The van der Waals surface area contributed by atoms with Crippen LogP contribution in [0.4, 0.5) is 0 Å². The van der Waals surface area contributed by atoms with Crippen molar-refractivity contribution in [3.8, 4) is 11.1 Å². The molecule has 0 aliphatic rings. The van der Waals surface area contributed by atoms with Crippen molar-refractivity contribution in [2.75, 3.05) is 0 Å². The molecule has 126 valence electrons. The summed E-state index contributed by atoms with van der Waals surface area (Å²) in [7, 11) is 0. The highest BCUT2D eigenvalue weighted by atomic mass is 16.6. The number of pyridine rings is 1. The minimum absolute atomic E-state index is 0.533. The van der Waals surface area contributed by atoms with Crippen LogP contribution in [0.3, 0.4) is 0 Å². The van der Waals surface area contributed by atoms with Gasteiger partial charge in [-0.15, -0.1) is 0 Å². The van der Waals surface area contributed by atoms with Crippen LogP contribution in [0, 0.1) is 0 Å². The molecule has 0 spiro atoms. The summed E-state index contributed by atoms with van der Waals surface area (Å²) in [5.74, 6) is -1.46. The molecule has 1 aromatic heterocycles. The summed E-state index contributed by atoms with van der Waals surface area (Å²) in [5.41, 5.74) is 2.88. The first-order chi connectivity index (χ1) is 11.3. The van der Waals surface area contributed by atoms with E-state index in [-0.39, 0.29) is 0 Å². The van der Waals surface area contributed by atoms with Gasteiger partial charge in [-0.2, -0.15) is 0 Å². The van der Waals surface area contributed by atoms with Gasteiger partial charge in [-0.25, -0.2) is 0 Å². The number of aromatic nitrogens is 1. The van der Waals surface area contributed by atoms with E-state index < -0.39 is 17.5 Å². The molecule has 24 heavy (non-hydrogen) atoms. The Morgan fingerprint density at radius 3 is 2.50 bits per heavy atom.